The predicted octanol–water partition coefficient (Wildman–Crippen LogP) is 3.12. The van der Waals surface area contributed by atoms with Gasteiger partial charge < -0.3 is 15.0 Å². The third-order valence-corrected chi connectivity index (χ3v) is 4.51. The van der Waals surface area contributed by atoms with Gasteiger partial charge in [-0.05, 0) is 19.1 Å². The number of halogens is 2. The van der Waals surface area contributed by atoms with Gasteiger partial charge in [0.15, 0.2) is 0 Å². The van der Waals surface area contributed by atoms with E-state index in [1.54, 1.807) is 6.92 Å². The Morgan fingerprint density at radius 2 is 2.14 bits per heavy atom. The zero-order chi connectivity index (χ0) is 15.0. The van der Waals surface area contributed by atoms with Crippen molar-refractivity contribution in [3.05, 3.63) is 45.2 Å². The number of nitrogens with one attached hydrogen (secondary N) is 1. The van der Waals surface area contributed by atoms with Crippen molar-refractivity contribution in [2.45, 2.75) is 19.4 Å². The molecule has 0 radical (unpaired) electrons. The fourth-order valence-corrected chi connectivity index (χ4v) is 3.63. The van der Waals surface area contributed by atoms with Crippen LogP contribution >= 0.6 is 23.2 Å². The van der Waals surface area contributed by atoms with E-state index in [1.807, 2.05) is 18.2 Å². The van der Waals surface area contributed by atoms with Gasteiger partial charge in [-0.1, -0.05) is 29.3 Å². The van der Waals surface area contributed by atoms with Crippen molar-refractivity contribution in [3.63, 3.8) is 0 Å². The number of carbonyl (C=O) groups excluding carboxylic acids is 1. The summed E-state index contributed by atoms with van der Waals surface area (Å²) in [5.41, 5.74) is 1.55. The zero-order valence-corrected chi connectivity index (χ0v) is 13.2. The van der Waals surface area contributed by atoms with Crippen LogP contribution < -0.4 is 5.32 Å². The summed E-state index contributed by atoms with van der Waals surface area (Å²) in [7, 11) is 0. The van der Waals surface area contributed by atoms with Gasteiger partial charge in [-0.2, -0.15) is 0 Å². The number of fused-ring (bicyclic) bond motifs is 1. The molecule has 2 aliphatic rings. The standard InChI is InChI=1S/C15H16Cl2N2O2/c1-2-21-15(20)9-8-12(19-7-6-18-14(9)19)13-10(16)4-3-5-11(13)17/h3-5,12,18H,2,6-8H2,1H3. The van der Waals surface area contributed by atoms with Crippen LogP contribution in [0.1, 0.15) is 24.9 Å². The molecular weight excluding hydrogens is 311 g/mol. The Labute approximate surface area is 133 Å². The van der Waals surface area contributed by atoms with Crippen molar-refractivity contribution in [2.24, 2.45) is 0 Å². The SMILES string of the molecule is CCOC(=O)C1=C2NCCN2C(c2c(Cl)cccc2Cl)C1. The minimum Gasteiger partial charge on any atom is -0.463 e. The summed E-state index contributed by atoms with van der Waals surface area (Å²) in [6.45, 7) is 3.80. The molecule has 4 nitrogen and oxygen atoms in total. The van der Waals surface area contributed by atoms with E-state index < -0.39 is 0 Å². The van der Waals surface area contributed by atoms with Gasteiger partial charge in [0, 0.05) is 35.1 Å². The number of hydrogen-bond donors (Lipinski definition) is 1. The molecular formula is C15H16Cl2N2O2. The molecule has 0 spiro atoms. The van der Waals surface area contributed by atoms with Crippen molar-refractivity contribution in [3.8, 4) is 0 Å². The monoisotopic (exact) mass is 326 g/mol. The number of rotatable bonds is 3. The van der Waals surface area contributed by atoms with Gasteiger partial charge in [0.05, 0.1) is 18.2 Å². The van der Waals surface area contributed by atoms with E-state index >= 15 is 0 Å². The van der Waals surface area contributed by atoms with E-state index in [0.29, 0.717) is 28.6 Å². The maximum Gasteiger partial charge on any atom is 0.337 e. The predicted molar refractivity (Wildman–Crippen MR) is 82.2 cm³/mol. The molecule has 1 N–H and O–H groups in total. The highest BCUT2D eigenvalue weighted by molar-refractivity contribution is 6.36. The number of hydrogen-bond acceptors (Lipinski definition) is 4. The number of carbonyl (C=O) groups is 1. The summed E-state index contributed by atoms with van der Waals surface area (Å²) in [4.78, 5) is 14.3. The van der Waals surface area contributed by atoms with Gasteiger partial charge in [-0.25, -0.2) is 4.79 Å². The third-order valence-electron chi connectivity index (χ3n) is 3.85. The second kappa shape index (κ2) is 5.78. The average molecular weight is 327 g/mol. The van der Waals surface area contributed by atoms with Gasteiger partial charge in [-0.3, -0.25) is 0 Å². The van der Waals surface area contributed by atoms with Crippen molar-refractivity contribution in [2.75, 3.05) is 19.7 Å². The van der Waals surface area contributed by atoms with Crippen LogP contribution in [0.25, 0.3) is 0 Å². The smallest absolute Gasteiger partial charge is 0.337 e. The zero-order valence-electron chi connectivity index (χ0n) is 11.7. The lowest BCUT2D eigenvalue weighted by Crippen LogP contribution is -2.21. The quantitative estimate of drug-likeness (QED) is 0.866. The number of nitrogens with zero attached hydrogens (tertiary/aromatic N) is 1. The molecule has 0 saturated carbocycles. The third kappa shape index (κ3) is 2.47. The van der Waals surface area contributed by atoms with Gasteiger partial charge in [0.2, 0.25) is 0 Å². The van der Waals surface area contributed by atoms with Crippen LogP contribution in [0.2, 0.25) is 10.0 Å². The van der Waals surface area contributed by atoms with Crippen LogP contribution in [0.15, 0.2) is 29.6 Å². The molecule has 1 atom stereocenters. The highest BCUT2D eigenvalue weighted by Crippen LogP contribution is 2.44. The van der Waals surface area contributed by atoms with Crippen LogP contribution in [-0.2, 0) is 9.53 Å². The van der Waals surface area contributed by atoms with Crippen LogP contribution in [-0.4, -0.2) is 30.6 Å². The Morgan fingerprint density at radius 1 is 1.43 bits per heavy atom. The van der Waals surface area contributed by atoms with E-state index in [-0.39, 0.29) is 12.0 Å². The topological polar surface area (TPSA) is 41.6 Å². The molecule has 2 aliphatic heterocycles. The van der Waals surface area contributed by atoms with Gasteiger partial charge >= 0.3 is 5.97 Å². The Hall–Kier alpha value is -1.39. The van der Waals surface area contributed by atoms with Crippen molar-refractivity contribution < 1.29 is 9.53 Å². The number of benzene rings is 1. The lowest BCUT2D eigenvalue weighted by Gasteiger charge is -2.25. The molecule has 0 amide bonds. The molecule has 112 valence electrons. The Morgan fingerprint density at radius 3 is 2.81 bits per heavy atom. The first-order valence-corrected chi connectivity index (χ1v) is 7.73. The summed E-state index contributed by atoms with van der Waals surface area (Å²) in [5, 5.41) is 4.52. The summed E-state index contributed by atoms with van der Waals surface area (Å²) in [5.74, 6) is 0.590. The maximum absolute atomic E-state index is 12.1. The molecule has 6 heteroatoms. The van der Waals surface area contributed by atoms with Gasteiger partial charge in [-0.15, -0.1) is 0 Å². The summed E-state index contributed by atoms with van der Waals surface area (Å²) >= 11 is 12.6. The largest absolute Gasteiger partial charge is 0.463 e. The van der Waals surface area contributed by atoms with Crippen LogP contribution in [0, 0.1) is 0 Å². The summed E-state index contributed by atoms with van der Waals surface area (Å²) in [6, 6.07) is 5.46. The lowest BCUT2D eigenvalue weighted by molar-refractivity contribution is -0.138. The minimum atomic E-state index is -0.266. The molecule has 1 aromatic carbocycles. The Kier molecular flexibility index (Phi) is 4.00. The van der Waals surface area contributed by atoms with E-state index in [4.69, 9.17) is 27.9 Å². The van der Waals surface area contributed by atoms with Crippen molar-refractivity contribution in [1.29, 1.82) is 0 Å². The van der Waals surface area contributed by atoms with E-state index in [2.05, 4.69) is 10.2 Å². The fourth-order valence-electron chi connectivity index (χ4n) is 2.99. The fraction of sp³-hybridized carbons (Fsp3) is 0.400. The highest BCUT2D eigenvalue weighted by Gasteiger charge is 2.40. The first-order chi connectivity index (χ1) is 10.1. The molecule has 1 aromatic rings. The Balaban J connectivity index is 1.96. The van der Waals surface area contributed by atoms with Crippen LogP contribution in [0.4, 0.5) is 0 Å². The molecule has 1 saturated heterocycles. The molecule has 0 bridgehead atoms. The molecule has 2 heterocycles. The second-order valence-electron chi connectivity index (χ2n) is 5.02. The second-order valence-corrected chi connectivity index (χ2v) is 5.84. The van der Waals surface area contributed by atoms with Crippen molar-refractivity contribution >= 4 is 29.2 Å². The van der Waals surface area contributed by atoms with E-state index in [9.17, 15) is 4.79 Å². The van der Waals surface area contributed by atoms with Crippen molar-refractivity contribution in [1.82, 2.24) is 10.2 Å². The van der Waals surface area contributed by atoms with Crippen LogP contribution in [0.3, 0.4) is 0 Å². The van der Waals surface area contributed by atoms with E-state index in [0.717, 1.165) is 24.5 Å². The molecule has 1 fully saturated rings. The van der Waals surface area contributed by atoms with Gasteiger partial charge in [0.25, 0.3) is 0 Å². The number of esters is 1. The van der Waals surface area contributed by atoms with E-state index in [1.165, 1.54) is 0 Å². The van der Waals surface area contributed by atoms with Gasteiger partial charge in [0.1, 0.15) is 5.82 Å². The Bertz CT molecular complexity index is 595. The first kappa shape index (κ1) is 14.5. The molecule has 1 unspecified atom stereocenters. The summed E-state index contributed by atoms with van der Waals surface area (Å²) < 4.78 is 5.15. The molecule has 21 heavy (non-hydrogen) atoms. The number of ether oxygens (including phenoxy) is 1. The first-order valence-electron chi connectivity index (χ1n) is 6.98. The average Bonchev–Trinajstić information content (AvgIpc) is 3.02. The lowest BCUT2D eigenvalue weighted by atomic mass is 10.0. The highest BCUT2D eigenvalue weighted by atomic mass is 35.5. The van der Waals surface area contributed by atoms with Crippen LogP contribution in [0.5, 0.6) is 0 Å². The normalized spacial score (nSPS) is 20.5. The minimum absolute atomic E-state index is 0.0180. The molecule has 0 aromatic heterocycles. The molecule has 3 rings (SSSR count). The molecule has 0 aliphatic carbocycles. The summed E-state index contributed by atoms with van der Waals surface area (Å²) in [6.07, 6.45) is 0.560. The maximum atomic E-state index is 12.1.